The molecule has 1 fully saturated rings. The van der Waals surface area contributed by atoms with Crippen molar-refractivity contribution >= 4 is 28.5 Å². The maximum absolute atomic E-state index is 4.14. The van der Waals surface area contributed by atoms with Gasteiger partial charge in [-0.25, -0.2) is 0 Å². The van der Waals surface area contributed by atoms with Crippen molar-refractivity contribution in [3.05, 3.63) is 242 Å². The van der Waals surface area contributed by atoms with Gasteiger partial charge in [0, 0.05) is 11.3 Å². The van der Waals surface area contributed by atoms with E-state index in [0.29, 0.717) is 11.8 Å². The van der Waals surface area contributed by atoms with Crippen molar-refractivity contribution < 1.29 is 0 Å². The third kappa shape index (κ3) is 10.3. The van der Waals surface area contributed by atoms with Crippen LogP contribution in [0.5, 0.6) is 0 Å². The topological polar surface area (TPSA) is 0 Å². The number of hydrogen-bond donors (Lipinski definition) is 0. The Bertz CT molecular complexity index is 3190. The average Bonchev–Trinajstić information content (AvgIpc) is 4.23. The SMILES string of the molecule is C/C=C\c1c(C)ccc(C)c1-c1c(C)ccc2ccccc12.C=C/C(C)=C(\C=C/C)c1cccc(C(c2ccccc2)C(C)c2ccc3c(c2)C(C)(C)c2cc(C)c4c(c2-3)C=CCC4)c1C1CC1.CC.CC. The quantitative estimate of drug-likeness (QED) is 0.120. The Kier molecular flexibility index (Phi) is 17.3. The highest BCUT2D eigenvalue weighted by Gasteiger charge is 2.40. The van der Waals surface area contributed by atoms with Gasteiger partial charge < -0.3 is 0 Å². The minimum Gasteiger partial charge on any atom is -0.0988 e. The molecule has 72 heavy (non-hydrogen) atoms. The fourth-order valence-electron chi connectivity index (χ4n) is 11.8. The molecule has 7 aromatic carbocycles. The molecule has 2 atom stereocenters. The molecule has 0 heteroatoms. The van der Waals surface area contributed by atoms with Crippen molar-refractivity contribution in [1.29, 1.82) is 0 Å². The van der Waals surface area contributed by atoms with Crippen LogP contribution in [0.15, 0.2) is 164 Å². The van der Waals surface area contributed by atoms with Crippen LogP contribution in [0.1, 0.15) is 184 Å². The minimum atomic E-state index is -0.0405. The van der Waals surface area contributed by atoms with E-state index in [0.717, 1.165) is 12.8 Å². The Hall–Kier alpha value is -6.50. The lowest BCUT2D eigenvalue weighted by molar-refractivity contribution is 0.636. The normalized spacial score (nSPS) is 15.2. The number of hydrogen-bond acceptors (Lipinski definition) is 0. The Morgan fingerprint density at radius 2 is 1.35 bits per heavy atom. The highest BCUT2D eigenvalue weighted by Crippen LogP contribution is 2.55. The summed E-state index contributed by atoms with van der Waals surface area (Å²) in [5.41, 5.74) is 28.1. The molecular formula is C72H82. The number of fused-ring (bicyclic) bond motifs is 6. The zero-order valence-electron chi connectivity index (χ0n) is 46.4. The molecule has 0 aromatic heterocycles. The third-order valence-electron chi connectivity index (χ3n) is 15.6. The summed E-state index contributed by atoms with van der Waals surface area (Å²) < 4.78 is 0. The van der Waals surface area contributed by atoms with Crippen LogP contribution in [0.2, 0.25) is 0 Å². The second-order valence-corrected chi connectivity index (χ2v) is 20.4. The van der Waals surface area contributed by atoms with Crippen LogP contribution in [0, 0.1) is 27.7 Å². The second kappa shape index (κ2) is 23.4. The predicted octanol–water partition coefficient (Wildman–Crippen LogP) is 21.1. The van der Waals surface area contributed by atoms with E-state index in [9.17, 15) is 0 Å². The Morgan fingerprint density at radius 3 is 2.04 bits per heavy atom. The fourth-order valence-corrected chi connectivity index (χ4v) is 11.8. The highest BCUT2D eigenvalue weighted by atomic mass is 14.4. The van der Waals surface area contributed by atoms with Crippen LogP contribution in [0.4, 0.5) is 0 Å². The summed E-state index contributed by atoms with van der Waals surface area (Å²) in [5, 5.41) is 2.64. The third-order valence-corrected chi connectivity index (χ3v) is 15.6. The van der Waals surface area contributed by atoms with Gasteiger partial charge in [0.25, 0.3) is 0 Å². The molecule has 2 unspecified atom stereocenters. The molecule has 0 saturated heterocycles. The monoisotopic (exact) mass is 947 g/mol. The van der Waals surface area contributed by atoms with Crippen LogP contribution in [0.25, 0.3) is 50.8 Å². The molecule has 0 radical (unpaired) electrons. The zero-order valence-corrected chi connectivity index (χ0v) is 46.4. The van der Waals surface area contributed by atoms with Gasteiger partial charge in [0.1, 0.15) is 0 Å². The van der Waals surface area contributed by atoms with E-state index in [4.69, 9.17) is 0 Å². The van der Waals surface area contributed by atoms with Gasteiger partial charge >= 0.3 is 0 Å². The summed E-state index contributed by atoms with van der Waals surface area (Å²) in [7, 11) is 0. The maximum Gasteiger partial charge on any atom is 0.0159 e. The lowest BCUT2D eigenvalue weighted by Gasteiger charge is -2.30. The van der Waals surface area contributed by atoms with E-state index in [2.05, 4.69) is 234 Å². The van der Waals surface area contributed by atoms with E-state index in [1.54, 1.807) is 5.56 Å². The molecular weight excluding hydrogens is 865 g/mol. The van der Waals surface area contributed by atoms with Gasteiger partial charge in [-0.3, -0.25) is 0 Å². The molecule has 0 spiro atoms. The molecule has 1 saturated carbocycles. The molecule has 3 aliphatic carbocycles. The second-order valence-electron chi connectivity index (χ2n) is 20.4. The van der Waals surface area contributed by atoms with E-state index >= 15 is 0 Å². The molecule has 0 nitrogen and oxygen atoms in total. The van der Waals surface area contributed by atoms with Crippen molar-refractivity contribution in [2.45, 2.75) is 146 Å². The number of aryl methyl sites for hydroxylation is 4. The van der Waals surface area contributed by atoms with E-state index < -0.39 is 0 Å². The fraction of sp³-hybridized carbons (Fsp3) is 0.306. The molecule has 0 N–H and O–H groups in total. The van der Waals surface area contributed by atoms with Gasteiger partial charge in [-0.1, -0.05) is 219 Å². The summed E-state index contributed by atoms with van der Waals surface area (Å²) >= 11 is 0. The molecule has 0 heterocycles. The molecule has 0 aliphatic heterocycles. The minimum absolute atomic E-state index is 0.0405. The van der Waals surface area contributed by atoms with Crippen LogP contribution in [-0.4, -0.2) is 0 Å². The summed E-state index contributed by atoms with van der Waals surface area (Å²) in [5.74, 6) is 1.15. The molecule has 7 aromatic rings. The number of rotatable bonds is 10. The Morgan fingerprint density at radius 1 is 0.667 bits per heavy atom. The number of benzene rings is 7. The van der Waals surface area contributed by atoms with E-state index in [-0.39, 0.29) is 11.3 Å². The van der Waals surface area contributed by atoms with Gasteiger partial charge in [0.05, 0.1) is 0 Å². The summed E-state index contributed by atoms with van der Waals surface area (Å²) in [6.07, 6.45) is 20.4. The van der Waals surface area contributed by atoms with Crippen molar-refractivity contribution in [3.8, 4) is 22.3 Å². The molecule has 0 amide bonds. The zero-order chi connectivity index (χ0) is 51.9. The van der Waals surface area contributed by atoms with Crippen molar-refractivity contribution in [2.24, 2.45) is 0 Å². The lowest BCUT2D eigenvalue weighted by atomic mass is 9.73. The first-order chi connectivity index (χ1) is 34.9. The van der Waals surface area contributed by atoms with Crippen molar-refractivity contribution in [3.63, 3.8) is 0 Å². The van der Waals surface area contributed by atoms with Crippen LogP contribution >= 0.6 is 0 Å². The molecule has 3 aliphatic rings. The lowest BCUT2D eigenvalue weighted by Crippen LogP contribution is -2.17. The largest absolute Gasteiger partial charge is 0.0988 e. The Balaban J connectivity index is 0.000000245. The van der Waals surface area contributed by atoms with Gasteiger partial charge in [-0.05, 0) is 208 Å². The van der Waals surface area contributed by atoms with Crippen LogP contribution in [-0.2, 0) is 11.8 Å². The van der Waals surface area contributed by atoms with Gasteiger partial charge in [-0.15, -0.1) is 0 Å². The Labute approximate surface area is 436 Å². The van der Waals surface area contributed by atoms with E-state index in [1.165, 1.54) is 129 Å². The molecule has 10 rings (SSSR count). The smallest absolute Gasteiger partial charge is 0.0159 e. The van der Waals surface area contributed by atoms with E-state index in [1.807, 2.05) is 33.8 Å². The predicted molar refractivity (Wildman–Crippen MR) is 320 cm³/mol. The summed E-state index contributed by atoms with van der Waals surface area (Å²) in [6, 6.07) is 45.9. The molecule has 370 valence electrons. The van der Waals surface area contributed by atoms with Crippen molar-refractivity contribution in [1.82, 2.24) is 0 Å². The first-order valence-electron chi connectivity index (χ1n) is 27.2. The average molecular weight is 947 g/mol. The summed E-state index contributed by atoms with van der Waals surface area (Å²) in [6.45, 7) is 34.8. The van der Waals surface area contributed by atoms with Gasteiger partial charge in [0.2, 0.25) is 0 Å². The first-order valence-corrected chi connectivity index (χ1v) is 27.2. The standard InChI is InChI=1S/C46H48.C22H22.2C2H6/c1-8-16-35(29(3)9-2)37-21-15-22-40(44(37)33-23-24-33)43(32-17-11-10-12-18-32)31(5)34-25-26-39-41(28-34)46(6,7)42-27-30(4)36-19-13-14-20-38(36)45(39)42;1-5-8-19-15(2)11-12-16(3)21(19)22-17(4)13-14-18-9-6-7-10-20(18)22;2*1-2/h8-12,14-18,20-22,25-28,31,33,43H,2,13,19,23-24H2,1,3-7H3;5-14H,1-4H3;2*1-2H3/b16-8-,35-29+;8-5-;;. The van der Waals surface area contributed by atoms with Gasteiger partial charge in [-0.2, -0.15) is 0 Å². The van der Waals surface area contributed by atoms with Crippen LogP contribution < -0.4 is 0 Å². The first kappa shape index (κ1) is 53.3. The number of allylic oxidation sites excluding steroid dienone is 7. The highest BCUT2D eigenvalue weighted by molar-refractivity contribution is 6.01. The summed E-state index contributed by atoms with van der Waals surface area (Å²) in [4.78, 5) is 0. The van der Waals surface area contributed by atoms with Gasteiger partial charge in [0.15, 0.2) is 0 Å². The molecule has 0 bridgehead atoms. The maximum atomic E-state index is 4.14. The van der Waals surface area contributed by atoms with Crippen LogP contribution in [0.3, 0.4) is 0 Å². The van der Waals surface area contributed by atoms with Crippen molar-refractivity contribution in [2.75, 3.05) is 0 Å².